The van der Waals surface area contributed by atoms with Crippen LogP contribution in [0.4, 0.5) is 0 Å². The Balaban J connectivity index is 2.04. The highest BCUT2D eigenvalue weighted by Gasteiger charge is 2.35. The normalized spacial score (nSPS) is 32.0. The quantitative estimate of drug-likeness (QED) is 0.519. The molecule has 2 fully saturated rings. The highest BCUT2D eigenvalue weighted by Crippen LogP contribution is 2.36. The molecule has 0 aromatic rings. The van der Waals surface area contributed by atoms with E-state index in [-0.39, 0.29) is 0 Å². The van der Waals surface area contributed by atoms with E-state index in [1.54, 1.807) is 0 Å². The lowest BCUT2D eigenvalue weighted by atomic mass is 9.96. The van der Waals surface area contributed by atoms with Crippen molar-refractivity contribution in [3.8, 4) is 0 Å². The van der Waals surface area contributed by atoms with Crippen molar-refractivity contribution in [2.24, 2.45) is 0 Å². The van der Waals surface area contributed by atoms with Crippen LogP contribution in [-0.4, -0.2) is 12.1 Å². The second kappa shape index (κ2) is 1.98. The zero-order valence-electron chi connectivity index (χ0n) is 5.95. The summed E-state index contributed by atoms with van der Waals surface area (Å²) in [7, 11) is 0. The topological polar surface area (TPSA) is 12.0 Å². The first-order chi connectivity index (χ1) is 4.41. The zero-order valence-corrected chi connectivity index (χ0v) is 5.95. The summed E-state index contributed by atoms with van der Waals surface area (Å²) >= 11 is 0. The summed E-state index contributed by atoms with van der Waals surface area (Å²) in [5.74, 6) is 0. The Morgan fingerprint density at radius 2 is 1.56 bits per heavy atom. The van der Waals surface area contributed by atoms with Crippen molar-refractivity contribution < 1.29 is 0 Å². The molecule has 1 saturated heterocycles. The standard InChI is InChI=1S/C8H15N/c1-2-5-8(4-1)6-3-7-9-8/h9H,1-7H2. The second-order valence-electron chi connectivity index (χ2n) is 3.52. The fourth-order valence-electron chi connectivity index (χ4n) is 2.35. The van der Waals surface area contributed by atoms with Gasteiger partial charge in [0.15, 0.2) is 0 Å². The third-order valence-corrected chi connectivity index (χ3v) is 2.89. The van der Waals surface area contributed by atoms with Crippen molar-refractivity contribution >= 4 is 0 Å². The van der Waals surface area contributed by atoms with Crippen LogP contribution in [0.2, 0.25) is 0 Å². The van der Waals surface area contributed by atoms with Crippen molar-refractivity contribution in [3.05, 3.63) is 0 Å². The summed E-state index contributed by atoms with van der Waals surface area (Å²) in [6, 6.07) is 0. The van der Waals surface area contributed by atoms with Crippen LogP contribution in [0.1, 0.15) is 38.5 Å². The first-order valence-electron chi connectivity index (χ1n) is 4.16. The van der Waals surface area contributed by atoms with Gasteiger partial charge in [0.1, 0.15) is 0 Å². The molecule has 0 aromatic heterocycles. The van der Waals surface area contributed by atoms with Gasteiger partial charge in [0.25, 0.3) is 0 Å². The molecule has 2 aliphatic rings. The third kappa shape index (κ3) is 0.877. The highest BCUT2D eigenvalue weighted by molar-refractivity contribution is 4.96. The maximum atomic E-state index is 3.63. The zero-order chi connectivity index (χ0) is 6.16. The summed E-state index contributed by atoms with van der Waals surface area (Å²) < 4.78 is 0. The van der Waals surface area contributed by atoms with Gasteiger partial charge in [-0.25, -0.2) is 0 Å². The molecule has 1 spiro atoms. The Morgan fingerprint density at radius 1 is 0.889 bits per heavy atom. The molecule has 9 heavy (non-hydrogen) atoms. The van der Waals surface area contributed by atoms with Gasteiger partial charge in [-0.3, -0.25) is 0 Å². The molecule has 1 N–H and O–H groups in total. The van der Waals surface area contributed by atoms with E-state index < -0.39 is 0 Å². The van der Waals surface area contributed by atoms with Gasteiger partial charge < -0.3 is 5.32 Å². The lowest BCUT2D eigenvalue weighted by Gasteiger charge is -2.22. The van der Waals surface area contributed by atoms with E-state index in [9.17, 15) is 0 Å². The maximum absolute atomic E-state index is 3.63. The molecular weight excluding hydrogens is 110 g/mol. The molecule has 1 nitrogen and oxygen atoms in total. The molecule has 0 aromatic carbocycles. The van der Waals surface area contributed by atoms with Crippen molar-refractivity contribution in [2.45, 2.75) is 44.1 Å². The molecule has 0 unspecified atom stereocenters. The molecule has 1 aliphatic heterocycles. The minimum Gasteiger partial charge on any atom is -0.311 e. The Kier molecular flexibility index (Phi) is 1.26. The highest BCUT2D eigenvalue weighted by atomic mass is 15.0. The summed E-state index contributed by atoms with van der Waals surface area (Å²) in [6.07, 6.45) is 8.70. The van der Waals surface area contributed by atoms with Gasteiger partial charge in [0.2, 0.25) is 0 Å². The molecule has 1 heterocycles. The van der Waals surface area contributed by atoms with Crippen LogP contribution in [0.3, 0.4) is 0 Å². The van der Waals surface area contributed by atoms with Crippen LogP contribution >= 0.6 is 0 Å². The van der Waals surface area contributed by atoms with Crippen molar-refractivity contribution in [2.75, 3.05) is 6.54 Å². The molecule has 2 rings (SSSR count). The van der Waals surface area contributed by atoms with E-state index >= 15 is 0 Å². The fourth-order valence-corrected chi connectivity index (χ4v) is 2.35. The third-order valence-electron chi connectivity index (χ3n) is 2.89. The predicted molar refractivity (Wildman–Crippen MR) is 38.4 cm³/mol. The number of rotatable bonds is 0. The first kappa shape index (κ1) is 5.72. The van der Waals surface area contributed by atoms with Crippen LogP contribution in [0.25, 0.3) is 0 Å². The van der Waals surface area contributed by atoms with Crippen LogP contribution in [0.15, 0.2) is 0 Å². The maximum Gasteiger partial charge on any atom is 0.0182 e. The molecule has 1 aliphatic carbocycles. The molecule has 52 valence electrons. The number of hydrogen-bond acceptors (Lipinski definition) is 1. The van der Waals surface area contributed by atoms with E-state index in [1.165, 1.54) is 45.1 Å². The van der Waals surface area contributed by atoms with E-state index in [0.717, 1.165) is 0 Å². The van der Waals surface area contributed by atoms with Crippen molar-refractivity contribution in [1.29, 1.82) is 0 Å². The van der Waals surface area contributed by atoms with Gasteiger partial charge in [-0.15, -0.1) is 0 Å². The van der Waals surface area contributed by atoms with Gasteiger partial charge in [0, 0.05) is 5.54 Å². The molecule has 0 amide bonds. The predicted octanol–water partition coefficient (Wildman–Crippen LogP) is 1.68. The SMILES string of the molecule is C1CCC2(C1)CCCN2. The number of hydrogen-bond donors (Lipinski definition) is 1. The molecule has 0 radical (unpaired) electrons. The fraction of sp³-hybridized carbons (Fsp3) is 1.00. The Morgan fingerprint density at radius 3 is 2.11 bits per heavy atom. The summed E-state index contributed by atoms with van der Waals surface area (Å²) in [6.45, 7) is 1.28. The van der Waals surface area contributed by atoms with Gasteiger partial charge >= 0.3 is 0 Å². The average molecular weight is 125 g/mol. The summed E-state index contributed by atoms with van der Waals surface area (Å²) in [5, 5.41) is 3.63. The van der Waals surface area contributed by atoms with Crippen LogP contribution in [-0.2, 0) is 0 Å². The summed E-state index contributed by atoms with van der Waals surface area (Å²) in [4.78, 5) is 0. The number of nitrogens with one attached hydrogen (secondary N) is 1. The monoisotopic (exact) mass is 125 g/mol. The van der Waals surface area contributed by atoms with Crippen molar-refractivity contribution in [1.82, 2.24) is 5.32 Å². The van der Waals surface area contributed by atoms with Crippen LogP contribution < -0.4 is 5.32 Å². The minimum absolute atomic E-state index is 0.639. The Hall–Kier alpha value is -0.0400. The van der Waals surface area contributed by atoms with Crippen molar-refractivity contribution in [3.63, 3.8) is 0 Å². The molecule has 0 bridgehead atoms. The largest absolute Gasteiger partial charge is 0.311 e. The van der Waals surface area contributed by atoms with Crippen LogP contribution in [0.5, 0.6) is 0 Å². The minimum atomic E-state index is 0.639. The second-order valence-corrected chi connectivity index (χ2v) is 3.52. The Bertz CT molecular complexity index is 79.6. The van der Waals surface area contributed by atoms with E-state index in [0.29, 0.717) is 5.54 Å². The molecule has 0 atom stereocenters. The smallest absolute Gasteiger partial charge is 0.0182 e. The summed E-state index contributed by atoms with van der Waals surface area (Å²) in [5.41, 5.74) is 0.639. The van der Waals surface area contributed by atoms with E-state index in [4.69, 9.17) is 0 Å². The molecular formula is C8H15N. The van der Waals surface area contributed by atoms with Gasteiger partial charge in [-0.1, -0.05) is 12.8 Å². The lowest BCUT2D eigenvalue weighted by molar-refractivity contribution is 0.388. The molecule has 1 saturated carbocycles. The van der Waals surface area contributed by atoms with E-state index in [2.05, 4.69) is 5.32 Å². The van der Waals surface area contributed by atoms with Gasteiger partial charge in [-0.05, 0) is 32.2 Å². The van der Waals surface area contributed by atoms with E-state index in [1.807, 2.05) is 0 Å². The lowest BCUT2D eigenvalue weighted by Crippen LogP contribution is -2.35. The Labute approximate surface area is 56.8 Å². The van der Waals surface area contributed by atoms with Gasteiger partial charge in [0.05, 0.1) is 0 Å². The average Bonchev–Trinajstić information content (AvgIpc) is 2.45. The first-order valence-corrected chi connectivity index (χ1v) is 4.16. The molecule has 1 heteroatoms. The van der Waals surface area contributed by atoms with Crippen LogP contribution in [0, 0.1) is 0 Å². The van der Waals surface area contributed by atoms with Gasteiger partial charge in [-0.2, -0.15) is 0 Å².